The minimum Gasteiger partial charge on any atom is -0.497 e. The van der Waals surface area contributed by atoms with Crippen LogP contribution in [0.1, 0.15) is 39.4 Å². The molecule has 3 rings (SSSR count). The second-order valence-electron chi connectivity index (χ2n) is 6.62. The van der Waals surface area contributed by atoms with Crippen LogP contribution in [0.2, 0.25) is 0 Å². The Morgan fingerprint density at radius 3 is 2.50 bits per heavy atom. The predicted molar refractivity (Wildman–Crippen MR) is 114 cm³/mol. The highest BCUT2D eigenvalue weighted by Gasteiger charge is 2.15. The van der Waals surface area contributed by atoms with Crippen LogP contribution < -0.4 is 21.1 Å². The molecule has 0 saturated heterocycles. The van der Waals surface area contributed by atoms with Gasteiger partial charge in [-0.3, -0.25) is 9.59 Å². The number of nitrogens with one attached hydrogen (secondary N) is 2. The van der Waals surface area contributed by atoms with Gasteiger partial charge in [0, 0.05) is 18.2 Å². The van der Waals surface area contributed by atoms with Gasteiger partial charge in [0.25, 0.3) is 11.8 Å². The van der Waals surface area contributed by atoms with Crippen LogP contribution in [-0.2, 0) is 0 Å². The SMILES string of the molecule is CNC(=O)c1nc(-c2cccc(C(=O)NC(C)c3ccc(OC)cc3)c2)cnc1N. The molecule has 1 aromatic heterocycles. The highest BCUT2D eigenvalue weighted by Crippen LogP contribution is 2.21. The fraction of sp³-hybridized carbons (Fsp3) is 0.182. The molecule has 0 aliphatic carbocycles. The van der Waals surface area contributed by atoms with E-state index in [9.17, 15) is 9.59 Å². The zero-order valence-electron chi connectivity index (χ0n) is 17.0. The molecular weight excluding hydrogens is 382 g/mol. The second-order valence-corrected chi connectivity index (χ2v) is 6.62. The molecule has 8 nitrogen and oxygen atoms in total. The van der Waals surface area contributed by atoms with Gasteiger partial charge in [0.2, 0.25) is 0 Å². The molecule has 154 valence electrons. The average Bonchev–Trinajstić information content (AvgIpc) is 2.79. The maximum atomic E-state index is 12.8. The number of nitrogens with zero attached hydrogens (tertiary/aromatic N) is 2. The van der Waals surface area contributed by atoms with Gasteiger partial charge < -0.3 is 21.1 Å². The third-order valence-electron chi connectivity index (χ3n) is 4.63. The molecule has 0 spiro atoms. The third kappa shape index (κ3) is 4.54. The normalized spacial score (nSPS) is 11.4. The fourth-order valence-corrected chi connectivity index (χ4v) is 2.90. The van der Waals surface area contributed by atoms with E-state index < -0.39 is 5.91 Å². The molecule has 2 aromatic carbocycles. The molecule has 4 N–H and O–H groups in total. The van der Waals surface area contributed by atoms with Crippen LogP contribution in [0.25, 0.3) is 11.3 Å². The topological polar surface area (TPSA) is 119 Å². The predicted octanol–water partition coefficient (Wildman–Crippen LogP) is 2.58. The smallest absolute Gasteiger partial charge is 0.273 e. The molecule has 1 atom stereocenters. The monoisotopic (exact) mass is 405 g/mol. The Hall–Kier alpha value is -3.94. The van der Waals surface area contributed by atoms with Crippen molar-refractivity contribution in [3.63, 3.8) is 0 Å². The number of hydrogen-bond donors (Lipinski definition) is 3. The molecule has 0 fully saturated rings. The number of nitrogen functional groups attached to an aromatic ring is 1. The van der Waals surface area contributed by atoms with E-state index in [-0.39, 0.29) is 23.5 Å². The quantitative estimate of drug-likeness (QED) is 0.580. The summed E-state index contributed by atoms with van der Waals surface area (Å²) in [5.74, 6) is 0.144. The molecule has 2 amide bonds. The van der Waals surface area contributed by atoms with Crippen LogP contribution in [0.4, 0.5) is 5.82 Å². The molecule has 1 heterocycles. The number of ether oxygens (including phenoxy) is 1. The van der Waals surface area contributed by atoms with E-state index in [1.54, 1.807) is 31.4 Å². The molecular formula is C22H23N5O3. The van der Waals surface area contributed by atoms with Gasteiger partial charge in [-0.25, -0.2) is 9.97 Å². The van der Waals surface area contributed by atoms with Crippen molar-refractivity contribution in [3.8, 4) is 17.0 Å². The van der Waals surface area contributed by atoms with Gasteiger partial charge in [-0.05, 0) is 36.8 Å². The van der Waals surface area contributed by atoms with Gasteiger partial charge in [-0.15, -0.1) is 0 Å². The van der Waals surface area contributed by atoms with Gasteiger partial charge in [0.15, 0.2) is 11.5 Å². The summed E-state index contributed by atoms with van der Waals surface area (Å²) >= 11 is 0. The molecule has 0 radical (unpaired) electrons. The summed E-state index contributed by atoms with van der Waals surface area (Å²) < 4.78 is 5.16. The van der Waals surface area contributed by atoms with Crippen LogP contribution in [0.15, 0.2) is 54.7 Å². The molecule has 30 heavy (non-hydrogen) atoms. The lowest BCUT2D eigenvalue weighted by Crippen LogP contribution is -2.26. The number of nitrogens with two attached hydrogens (primary N) is 1. The first kappa shape index (κ1) is 20.8. The lowest BCUT2D eigenvalue weighted by molar-refractivity contribution is 0.0936. The van der Waals surface area contributed by atoms with E-state index in [4.69, 9.17) is 10.5 Å². The first-order valence-electron chi connectivity index (χ1n) is 9.32. The molecule has 8 heteroatoms. The number of methoxy groups -OCH3 is 1. The fourth-order valence-electron chi connectivity index (χ4n) is 2.90. The average molecular weight is 405 g/mol. The number of carbonyl (C=O) groups excluding carboxylic acids is 2. The molecule has 3 aromatic rings. The van der Waals surface area contributed by atoms with E-state index in [0.29, 0.717) is 16.8 Å². The molecule has 0 aliphatic rings. The van der Waals surface area contributed by atoms with Gasteiger partial charge >= 0.3 is 0 Å². The minimum atomic E-state index is -0.427. The molecule has 0 bridgehead atoms. The Morgan fingerprint density at radius 2 is 1.83 bits per heavy atom. The highest BCUT2D eigenvalue weighted by molar-refractivity contribution is 5.97. The van der Waals surface area contributed by atoms with Crippen LogP contribution in [-0.4, -0.2) is 35.9 Å². The third-order valence-corrected chi connectivity index (χ3v) is 4.63. The highest BCUT2D eigenvalue weighted by atomic mass is 16.5. The number of hydrogen-bond acceptors (Lipinski definition) is 6. The van der Waals surface area contributed by atoms with E-state index >= 15 is 0 Å². The number of benzene rings is 2. The van der Waals surface area contributed by atoms with Gasteiger partial charge in [0.05, 0.1) is 25.0 Å². The summed E-state index contributed by atoms with van der Waals surface area (Å²) in [6.45, 7) is 1.91. The number of aromatic nitrogens is 2. The number of amides is 2. The van der Waals surface area contributed by atoms with Crippen LogP contribution in [0, 0.1) is 0 Å². The Labute approximate surface area is 174 Å². The van der Waals surface area contributed by atoms with Crippen molar-refractivity contribution in [2.24, 2.45) is 0 Å². The van der Waals surface area contributed by atoms with Crippen LogP contribution in [0.5, 0.6) is 5.75 Å². The van der Waals surface area contributed by atoms with Crippen LogP contribution in [0.3, 0.4) is 0 Å². The zero-order chi connectivity index (χ0) is 21.7. The standard InChI is InChI=1S/C22H23N5O3/c1-13(14-7-9-17(30-3)10-8-14)26-21(28)16-6-4-5-15(11-16)18-12-25-20(23)19(27-18)22(29)24-2/h4-13H,1-3H3,(H2,23,25)(H,24,29)(H,26,28). The van der Waals surface area contributed by atoms with E-state index in [1.807, 2.05) is 31.2 Å². The Balaban J connectivity index is 1.81. The zero-order valence-corrected chi connectivity index (χ0v) is 17.0. The maximum Gasteiger partial charge on any atom is 0.273 e. The van der Waals surface area contributed by atoms with Gasteiger partial charge in [-0.2, -0.15) is 0 Å². The number of rotatable bonds is 6. The van der Waals surface area contributed by atoms with Crippen molar-refractivity contribution < 1.29 is 14.3 Å². The van der Waals surface area contributed by atoms with Crippen molar-refractivity contribution in [3.05, 3.63) is 71.5 Å². The summed E-state index contributed by atoms with van der Waals surface area (Å²) in [7, 11) is 3.10. The van der Waals surface area contributed by atoms with Crippen molar-refractivity contribution in [2.75, 3.05) is 19.9 Å². The summed E-state index contributed by atoms with van der Waals surface area (Å²) in [6.07, 6.45) is 1.47. The first-order chi connectivity index (χ1) is 14.4. The second kappa shape index (κ2) is 9.04. The maximum absolute atomic E-state index is 12.8. The van der Waals surface area contributed by atoms with Gasteiger partial charge in [0.1, 0.15) is 5.75 Å². The molecule has 0 aliphatic heterocycles. The molecule has 0 saturated carbocycles. The van der Waals surface area contributed by atoms with E-state index in [1.165, 1.54) is 13.2 Å². The first-order valence-corrected chi connectivity index (χ1v) is 9.32. The largest absolute Gasteiger partial charge is 0.497 e. The number of carbonyl (C=O) groups is 2. The van der Waals surface area contributed by atoms with Crippen LogP contribution >= 0.6 is 0 Å². The summed E-state index contributed by atoms with van der Waals surface area (Å²) in [5, 5.41) is 5.46. The summed E-state index contributed by atoms with van der Waals surface area (Å²) in [6, 6.07) is 14.3. The summed E-state index contributed by atoms with van der Waals surface area (Å²) in [5.41, 5.74) is 8.30. The van der Waals surface area contributed by atoms with Crippen molar-refractivity contribution in [2.45, 2.75) is 13.0 Å². The van der Waals surface area contributed by atoms with Crippen molar-refractivity contribution in [1.29, 1.82) is 0 Å². The lowest BCUT2D eigenvalue weighted by atomic mass is 10.1. The number of anilines is 1. The van der Waals surface area contributed by atoms with E-state index in [0.717, 1.165) is 11.3 Å². The minimum absolute atomic E-state index is 0.0398. The lowest BCUT2D eigenvalue weighted by Gasteiger charge is -2.15. The Kier molecular flexibility index (Phi) is 6.26. The molecule has 1 unspecified atom stereocenters. The Morgan fingerprint density at radius 1 is 1.10 bits per heavy atom. The Bertz CT molecular complexity index is 1070. The van der Waals surface area contributed by atoms with E-state index in [2.05, 4.69) is 20.6 Å². The van der Waals surface area contributed by atoms with Crippen molar-refractivity contribution in [1.82, 2.24) is 20.6 Å². The van der Waals surface area contributed by atoms with Gasteiger partial charge in [-0.1, -0.05) is 24.3 Å². The summed E-state index contributed by atoms with van der Waals surface area (Å²) in [4.78, 5) is 33.0. The van der Waals surface area contributed by atoms with Crippen molar-refractivity contribution >= 4 is 17.6 Å².